The summed E-state index contributed by atoms with van der Waals surface area (Å²) in [5.41, 5.74) is -0.167. The molecule has 15 fully saturated rings. The molecule has 15 aliphatic rings. The molecule has 0 radical (unpaired) electrons. The van der Waals surface area contributed by atoms with Crippen LogP contribution in [0.15, 0.2) is 135 Å². The van der Waals surface area contributed by atoms with Gasteiger partial charge < -0.3 is 61.9 Å². The van der Waals surface area contributed by atoms with E-state index in [4.69, 9.17) is 56.8 Å². The molecule has 14 atom stereocenters. The van der Waals surface area contributed by atoms with Gasteiger partial charge in [-0.2, -0.15) is 17.6 Å². The minimum absolute atomic E-state index is 0.0146. The lowest BCUT2D eigenvalue weighted by molar-refractivity contribution is -0.343. The fourth-order valence-electron chi connectivity index (χ4n) is 17.6. The van der Waals surface area contributed by atoms with Crippen molar-refractivity contribution in [1.82, 2.24) is 0 Å². The lowest BCUT2D eigenvalue weighted by Crippen LogP contribution is -2.66. The van der Waals surface area contributed by atoms with E-state index in [1.165, 1.54) is 43.6 Å². The third-order valence-corrected chi connectivity index (χ3v) is 25.8. The van der Waals surface area contributed by atoms with Crippen LogP contribution in [-0.2, 0) is 108 Å². The Kier molecular flexibility index (Phi) is 17.9. The molecule has 0 amide bonds. The van der Waals surface area contributed by atoms with Crippen molar-refractivity contribution in [2.24, 2.45) is 35.5 Å². The van der Waals surface area contributed by atoms with E-state index in [1.54, 1.807) is 0 Å². The second-order valence-corrected chi connectivity index (χ2v) is 33.5. The molecule has 516 valence electrons. The Labute approximate surface area is 560 Å². The van der Waals surface area contributed by atoms with Crippen LogP contribution in [-0.4, -0.2) is 156 Å². The molecule has 7 saturated heterocycles. The third-order valence-electron chi connectivity index (χ3n) is 21.4. The van der Waals surface area contributed by atoms with Gasteiger partial charge in [-0.1, -0.05) is 87.5 Å². The number of rotatable bonds is 9. The van der Waals surface area contributed by atoms with Gasteiger partial charge >= 0.3 is 41.7 Å². The molecule has 18 nitrogen and oxygen atoms in total. The Morgan fingerprint density at radius 2 is 0.938 bits per heavy atom. The van der Waals surface area contributed by atoms with Crippen LogP contribution < -0.4 is 0 Å². The largest absolute Gasteiger partial charge is 0.455 e. The maximum atomic E-state index is 13.5. The number of aliphatic hydroxyl groups is 1. The molecule has 19 rings (SSSR count). The van der Waals surface area contributed by atoms with E-state index in [2.05, 4.69) is 136 Å². The third kappa shape index (κ3) is 12.7. The first-order valence-corrected chi connectivity index (χ1v) is 36.2. The molecule has 24 heteroatoms. The number of benzene rings is 4. The summed E-state index contributed by atoms with van der Waals surface area (Å²) in [5.74, 6) is -11.8. The standard InChI is InChI=1S/C21H24F2O9.C19H22F2O8.C18H15S.C14H21OS/c1-8(24)27-14-12-13(28-16(14)25)15-17(29-12)31-21(30-15)10-3-9-4-11(21)7-20(5-9,6-10)32-18(26)19(2,22)23;1-17(20,21)16(24)29-18-4-7-2-8(5-18)19(9(3-7)6-18)27-13-12-11(26-15(13)28-19)10(22)14(23)25-12;1-4-10-16(11-5-1)19(17-12-6-2-7-13-17)18-14-8-3-9-15-18;1-14(2,3)12-4-6-13(7-5-12)16-10-8-15-9-11-16/h9-15,17H,3-7H2,1-2H3;7-13,15,22H,2-6H2,1H3;1-15H;4-7H,8-11H2,1-3H3/q;;2*+1. The molecule has 8 aliphatic carbocycles. The lowest BCUT2D eigenvalue weighted by Gasteiger charge is -2.62. The lowest BCUT2D eigenvalue weighted by atomic mass is 9.51. The van der Waals surface area contributed by atoms with Crippen LogP contribution >= 0.6 is 0 Å². The van der Waals surface area contributed by atoms with Gasteiger partial charge in [0.25, 0.3) is 0 Å². The zero-order chi connectivity index (χ0) is 67.5. The van der Waals surface area contributed by atoms with Crippen molar-refractivity contribution >= 4 is 51.6 Å². The van der Waals surface area contributed by atoms with E-state index in [0.29, 0.717) is 63.3 Å². The topological polar surface area (TPSA) is 216 Å². The van der Waals surface area contributed by atoms with Crippen LogP contribution in [0.25, 0.3) is 0 Å². The van der Waals surface area contributed by atoms with Crippen molar-refractivity contribution < 1.29 is 103 Å². The van der Waals surface area contributed by atoms with Crippen molar-refractivity contribution in [3.05, 3.63) is 121 Å². The first kappa shape index (κ1) is 67.5. The number of fused-ring (bicyclic) bond motifs is 6. The van der Waals surface area contributed by atoms with Crippen LogP contribution in [0.3, 0.4) is 0 Å². The minimum atomic E-state index is -3.55. The summed E-state index contributed by atoms with van der Waals surface area (Å²) in [4.78, 5) is 64.6. The van der Waals surface area contributed by atoms with Crippen LogP contribution in [0.1, 0.15) is 111 Å². The number of hydrogen-bond acceptors (Lipinski definition) is 18. The van der Waals surface area contributed by atoms with Gasteiger partial charge in [-0.15, -0.1) is 0 Å². The molecular weight excluding hydrogens is 1290 g/mol. The average Bonchev–Trinajstić information content (AvgIpc) is 1.40. The Morgan fingerprint density at radius 1 is 0.531 bits per heavy atom. The molecule has 0 aromatic heterocycles. The summed E-state index contributed by atoms with van der Waals surface area (Å²) in [5, 5.41) is 9.89. The number of aliphatic hydroxyl groups excluding tert-OH is 1. The molecule has 7 heterocycles. The highest BCUT2D eigenvalue weighted by Crippen LogP contribution is 2.68. The van der Waals surface area contributed by atoms with Crippen molar-refractivity contribution in [1.29, 1.82) is 0 Å². The molecule has 2 spiro atoms. The predicted molar refractivity (Wildman–Crippen MR) is 335 cm³/mol. The van der Waals surface area contributed by atoms with Crippen LogP contribution in [0.2, 0.25) is 0 Å². The number of halogens is 4. The minimum Gasteiger partial charge on any atom is -0.455 e. The molecule has 1 N–H and O–H groups in total. The summed E-state index contributed by atoms with van der Waals surface area (Å²) in [7, 11) is 0.417. The first-order valence-electron chi connectivity index (χ1n) is 33.4. The van der Waals surface area contributed by atoms with E-state index in [9.17, 15) is 46.6 Å². The van der Waals surface area contributed by atoms with E-state index in [1.807, 2.05) is 0 Å². The van der Waals surface area contributed by atoms with Gasteiger partial charge in [0.05, 0.1) is 24.1 Å². The van der Waals surface area contributed by atoms with Crippen molar-refractivity contribution in [2.45, 2.75) is 227 Å². The maximum Gasteiger partial charge on any atom is 0.377 e. The quantitative estimate of drug-likeness (QED) is 0.0713. The summed E-state index contributed by atoms with van der Waals surface area (Å²) in [6, 6.07) is 41.4. The molecule has 8 saturated carbocycles. The van der Waals surface area contributed by atoms with E-state index in [0.717, 1.165) is 38.9 Å². The fraction of sp³-hybridized carbons (Fsp3) is 0.597. The highest BCUT2D eigenvalue weighted by molar-refractivity contribution is 7.97. The van der Waals surface area contributed by atoms with Gasteiger partial charge in [-0.3, -0.25) is 4.79 Å². The molecule has 14 unspecified atom stereocenters. The van der Waals surface area contributed by atoms with Crippen molar-refractivity contribution in [2.75, 3.05) is 24.7 Å². The summed E-state index contributed by atoms with van der Waals surface area (Å²) < 4.78 is 123. The summed E-state index contributed by atoms with van der Waals surface area (Å²) in [6.07, 6.45) is -2.77. The number of hydrogen-bond donors (Lipinski definition) is 1. The number of alkyl halides is 4. The van der Waals surface area contributed by atoms with Gasteiger partial charge in [0.15, 0.2) is 74.3 Å². The van der Waals surface area contributed by atoms with Crippen molar-refractivity contribution in [3.8, 4) is 0 Å². The maximum absolute atomic E-state index is 13.5. The second kappa shape index (κ2) is 25.5. The van der Waals surface area contributed by atoms with Crippen LogP contribution in [0, 0.1) is 35.5 Å². The van der Waals surface area contributed by atoms with Gasteiger partial charge in [0.1, 0.15) is 34.9 Å². The highest BCUT2D eigenvalue weighted by atomic mass is 32.2. The molecule has 4 aromatic rings. The summed E-state index contributed by atoms with van der Waals surface area (Å²) >= 11 is 0. The van der Waals surface area contributed by atoms with Crippen molar-refractivity contribution in [3.63, 3.8) is 0 Å². The molecule has 8 bridgehead atoms. The molecular formula is C72H82F4O18S2+2. The number of ether oxygens (including phenoxy) is 12. The van der Waals surface area contributed by atoms with Crippen LogP contribution in [0.5, 0.6) is 0 Å². The Morgan fingerprint density at radius 3 is 1.34 bits per heavy atom. The Bertz CT molecular complexity index is 3400. The zero-order valence-electron chi connectivity index (χ0n) is 54.3. The van der Waals surface area contributed by atoms with E-state index < -0.39 is 126 Å². The first-order chi connectivity index (χ1) is 45.6. The predicted octanol–water partition coefficient (Wildman–Crippen LogP) is 10.1. The summed E-state index contributed by atoms with van der Waals surface area (Å²) in [6.45, 7) is 10.9. The molecule has 7 aliphatic heterocycles. The van der Waals surface area contributed by atoms with Crippen LogP contribution in [0.4, 0.5) is 17.6 Å². The monoisotopic (exact) mass is 1370 g/mol. The van der Waals surface area contributed by atoms with Gasteiger partial charge in [0, 0.05) is 55.3 Å². The average molecular weight is 1380 g/mol. The van der Waals surface area contributed by atoms with Gasteiger partial charge in [-0.05, 0) is 136 Å². The van der Waals surface area contributed by atoms with Gasteiger partial charge in [-0.25, -0.2) is 19.2 Å². The SMILES string of the molecule is CC(=O)OC1C(=O)OC2C3OC4(OC3OC12)C1CC2CC4CC(OC(=O)C(C)(F)F)(C2)C1.CC(C)(C)c1ccc([S+]2CCOCC2)cc1.CC(F)(F)C(=O)OC12CC3CC(C1)C1(OC4OC5C(O)C(=O)OC5C4O1)C(C3)C2.c1ccc([S+](c2ccccc2)c2ccccc2)cc1. The smallest absolute Gasteiger partial charge is 0.377 e. The highest BCUT2D eigenvalue weighted by Gasteiger charge is 2.76. The van der Waals surface area contributed by atoms with E-state index >= 15 is 0 Å². The van der Waals surface area contributed by atoms with Gasteiger partial charge in [0.2, 0.25) is 6.10 Å². The fourth-order valence-corrected chi connectivity index (χ4v) is 21.5. The zero-order valence-corrected chi connectivity index (χ0v) is 56.0. The molecule has 4 aromatic carbocycles. The van der Waals surface area contributed by atoms with E-state index in [-0.39, 0.29) is 51.8 Å². The second-order valence-electron chi connectivity index (χ2n) is 29.2. The Hall–Kier alpha value is -5.67. The Balaban J connectivity index is 0.000000114. The molecule has 96 heavy (non-hydrogen) atoms. The number of carbonyl (C=O) groups excluding carboxylic acids is 5. The number of esters is 5. The normalized spacial score (nSPS) is 38.5. The number of carbonyl (C=O) groups is 5.